The lowest BCUT2D eigenvalue weighted by Crippen LogP contribution is -1.74. The Labute approximate surface area is 41.7 Å². The van der Waals surface area contributed by atoms with E-state index in [2.05, 4.69) is 4.42 Å². The van der Waals surface area contributed by atoms with Gasteiger partial charge in [0.25, 0.3) is 0 Å². The molecule has 0 N–H and O–H groups in total. The predicted molar refractivity (Wildman–Crippen MR) is 25.3 cm³/mol. The van der Waals surface area contributed by atoms with Crippen molar-refractivity contribution in [3.63, 3.8) is 0 Å². The maximum atomic E-state index is 4.76. The largest absolute Gasteiger partial charge is 0.493 e. The zero-order valence-electron chi connectivity index (χ0n) is 4.05. The van der Waals surface area contributed by atoms with E-state index < -0.39 is 0 Å². The normalized spacial score (nSPS) is 8.71. The third-order valence-electron chi connectivity index (χ3n) is 0.731. The Morgan fingerprint density at radius 2 is 2.57 bits per heavy atom. The van der Waals surface area contributed by atoms with Gasteiger partial charge in [-0.1, -0.05) is 0 Å². The molecular weight excluding hydrogens is 92.1 g/mol. The molecule has 1 heterocycles. The van der Waals surface area contributed by atoms with Crippen LogP contribution in [0.3, 0.4) is 0 Å². The third-order valence-corrected chi connectivity index (χ3v) is 0.731. The van der Waals surface area contributed by atoms with Gasteiger partial charge >= 0.3 is 0 Å². The van der Waals surface area contributed by atoms with Gasteiger partial charge in [-0.25, -0.2) is 0 Å². The molecule has 7 heavy (non-hydrogen) atoms. The van der Waals surface area contributed by atoms with Gasteiger partial charge in [0.05, 0.1) is 13.4 Å². The van der Waals surface area contributed by atoms with Gasteiger partial charge in [0, 0.05) is 6.07 Å². The van der Waals surface area contributed by atoms with Gasteiger partial charge in [-0.2, -0.15) is 0 Å². The molecule has 0 saturated carbocycles. The SMILES string of the molecule is COc1ccoc1. The molecule has 0 atom stereocenters. The number of hydrogen-bond donors (Lipinski definition) is 0. The molecule has 0 amide bonds. The van der Waals surface area contributed by atoms with Crippen molar-refractivity contribution in [1.29, 1.82) is 0 Å². The first-order valence-electron chi connectivity index (χ1n) is 1.99. The lowest BCUT2D eigenvalue weighted by atomic mass is 10.6. The monoisotopic (exact) mass is 98.0 g/mol. The van der Waals surface area contributed by atoms with Crippen LogP contribution in [0.2, 0.25) is 0 Å². The van der Waals surface area contributed by atoms with E-state index in [-0.39, 0.29) is 0 Å². The number of furan rings is 1. The van der Waals surface area contributed by atoms with Gasteiger partial charge in [-0.15, -0.1) is 0 Å². The number of hydrogen-bond acceptors (Lipinski definition) is 2. The molecule has 0 aliphatic rings. The van der Waals surface area contributed by atoms with Crippen LogP contribution in [0.5, 0.6) is 5.75 Å². The first-order valence-corrected chi connectivity index (χ1v) is 1.99. The van der Waals surface area contributed by atoms with Gasteiger partial charge in [-0.05, 0) is 0 Å². The molecule has 0 radical (unpaired) electrons. The molecule has 1 rings (SSSR count). The Kier molecular flexibility index (Phi) is 1.02. The predicted octanol–water partition coefficient (Wildman–Crippen LogP) is 1.29. The number of methoxy groups -OCH3 is 1. The summed E-state index contributed by atoms with van der Waals surface area (Å²) < 4.78 is 9.44. The summed E-state index contributed by atoms with van der Waals surface area (Å²) in [5.41, 5.74) is 0. The average molecular weight is 98.1 g/mol. The summed E-state index contributed by atoms with van der Waals surface area (Å²) in [5.74, 6) is 0.764. The van der Waals surface area contributed by atoms with E-state index >= 15 is 0 Å². The van der Waals surface area contributed by atoms with Crippen molar-refractivity contribution in [2.24, 2.45) is 0 Å². The highest BCUT2D eigenvalue weighted by Gasteiger charge is 1.84. The van der Waals surface area contributed by atoms with Crippen LogP contribution < -0.4 is 4.74 Å². The van der Waals surface area contributed by atoms with E-state index in [9.17, 15) is 0 Å². The Bertz CT molecular complexity index is 121. The van der Waals surface area contributed by atoms with Crippen molar-refractivity contribution in [1.82, 2.24) is 0 Å². The Morgan fingerprint density at radius 3 is 2.86 bits per heavy atom. The maximum Gasteiger partial charge on any atom is 0.156 e. The van der Waals surface area contributed by atoms with E-state index in [1.54, 1.807) is 25.7 Å². The molecule has 38 valence electrons. The molecule has 1 aromatic rings. The second-order valence-corrected chi connectivity index (χ2v) is 1.16. The lowest BCUT2D eigenvalue weighted by Gasteiger charge is -1.85. The molecule has 1 aromatic heterocycles. The highest BCUT2D eigenvalue weighted by molar-refractivity contribution is 5.11. The van der Waals surface area contributed by atoms with Crippen LogP contribution in [0.4, 0.5) is 0 Å². The van der Waals surface area contributed by atoms with E-state index in [1.165, 1.54) is 0 Å². The average Bonchev–Trinajstić information content (AvgIpc) is 2.14. The van der Waals surface area contributed by atoms with Gasteiger partial charge in [-0.3, -0.25) is 0 Å². The molecule has 0 aromatic carbocycles. The Balaban J connectivity index is 2.76. The van der Waals surface area contributed by atoms with Gasteiger partial charge < -0.3 is 9.15 Å². The third kappa shape index (κ3) is 0.738. The Hall–Kier alpha value is -0.920. The summed E-state index contributed by atoms with van der Waals surface area (Å²) in [7, 11) is 1.60. The summed E-state index contributed by atoms with van der Waals surface area (Å²) >= 11 is 0. The van der Waals surface area contributed by atoms with Crippen LogP contribution in [0, 0.1) is 0 Å². The van der Waals surface area contributed by atoms with Crippen LogP contribution in [-0.4, -0.2) is 7.11 Å². The van der Waals surface area contributed by atoms with E-state index in [0.717, 1.165) is 5.75 Å². The molecule has 0 spiro atoms. The van der Waals surface area contributed by atoms with Crippen LogP contribution in [0.15, 0.2) is 23.0 Å². The molecule has 0 aliphatic carbocycles. The number of rotatable bonds is 1. The summed E-state index contributed by atoms with van der Waals surface area (Å²) in [5, 5.41) is 0. The van der Waals surface area contributed by atoms with Gasteiger partial charge in [0.15, 0.2) is 5.75 Å². The fourth-order valence-electron chi connectivity index (χ4n) is 0.368. The van der Waals surface area contributed by atoms with Gasteiger partial charge in [0.1, 0.15) is 6.26 Å². The smallest absolute Gasteiger partial charge is 0.156 e. The van der Waals surface area contributed by atoms with Crippen molar-refractivity contribution in [2.45, 2.75) is 0 Å². The van der Waals surface area contributed by atoms with Crippen molar-refractivity contribution in [2.75, 3.05) is 7.11 Å². The molecule has 2 heteroatoms. The standard InChI is InChI=1S/C5H6O2/c1-6-5-2-3-7-4-5/h2-4H,1H3. The van der Waals surface area contributed by atoms with Crippen LogP contribution in [-0.2, 0) is 0 Å². The van der Waals surface area contributed by atoms with Crippen molar-refractivity contribution >= 4 is 0 Å². The minimum Gasteiger partial charge on any atom is -0.493 e. The first-order chi connectivity index (χ1) is 3.43. The number of ether oxygens (including phenoxy) is 1. The Morgan fingerprint density at radius 1 is 1.71 bits per heavy atom. The van der Waals surface area contributed by atoms with Gasteiger partial charge in [0.2, 0.25) is 0 Å². The topological polar surface area (TPSA) is 22.4 Å². The van der Waals surface area contributed by atoms with E-state index in [4.69, 9.17) is 4.74 Å². The quantitative estimate of drug-likeness (QED) is 0.528. The molecular formula is C5H6O2. The summed E-state index contributed by atoms with van der Waals surface area (Å²) in [6.45, 7) is 0. The van der Waals surface area contributed by atoms with Crippen LogP contribution in [0.1, 0.15) is 0 Å². The van der Waals surface area contributed by atoms with Crippen molar-refractivity contribution < 1.29 is 9.15 Å². The fraction of sp³-hybridized carbons (Fsp3) is 0.200. The minimum atomic E-state index is 0.764. The second kappa shape index (κ2) is 1.69. The highest BCUT2D eigenvalue weighted by atomic mass is 16.5. The second-order valence-electron chi connectivity index (χ2n) is 1.16. The zero-order chi connectivity index (χ0) is 5.11. The summed E-state index contributed by atoms with van der Waals surface area (Å²) in [6, 6.07) is 1.75. The maximum absolute atomic E-state index is 4.76. The summed E-state index contributed by atoms with van der Waals surface area (Å²) in [6.07, 6.45) is 3.11. The zero-order valence-corrected chi connectivity index (χ0v) is 4.05. The molecule has 0 bridgehead atoms. The van der Waals surface area contributed by atoms with Crippen molar-refractivity contribution in [3.8, 4) is 5.75 Å². The van der Waals surface area contributed by atoms with E-state index in [1.807, 2.05) is 0 Å². The molecule has 0 saturated heterocycles. The van der Waals surface area contributed by atoms with Crippen molar-refractivity contribution in [3.05, 3.63) is 18.6 Å². The molecule has 0 unspecified atom stereocenters. The fourth-order valence-corrected chi connectivity index (χ4v) is 0.368. The van der Waals surface area contributed by atoms with Crippen LogP contribution in [0.25, 0.3) is 0 Å². The molecule has 2 nitrogen and oxygen atoms in total. The first kappa shape index (κ1) is 4.24. The lowest BCUT2D eigenvalue weighted by molar-refractivity contribution is 0.406. The minimum absolute atomic E-state index is 0.764. The molecule has 0 aliphatic heterocycles. The molecule has 0 fully saturated rings. The highest BCUT2D eigenvalue weighted by Crippen LogP contribution is 2.07. The summed E-state index contributed by atoms with van der Waals surface area (Å²) in [4.78, 5) is 0. The van der Waals surface area contributed by atoms with Crippen LogP contribution >= 0.6 is 0 Å². The van der Waals surface area contributed by atoms with E-state index in [0.29, 0.717) is 0 Å².